The molecule has 5 nitrogen and oxygen atoms in total. The quantitative estimate of drug-likeness (QED) is 0.905. The van der Waals surface area contributed by atoms with Crippen LogP contribution in [0.5, 0.6) is 5.75 Å². The van der Waals surface area contributed by atoms with Crippen molar-refractivity contribution in [1.82, 2.24) is 9.80 Å². The third-order valence-corrected chi connectivity index (χ3v) is 3.93. The molecule has 1 atom stereocenters. The molecular weight excluding hydrogens is 266 g/mol. The number of carbonyl (C=O) groups excluding carboxylic acids is 1. The highest BCUT2D eigenvalue weighted by atomic mass is 16.6. The van der Waals surface area contributed by atoms with E-state index in [-0.39, 0.29) is 6.09 Å². The minimum Gasteiger partial charge on any atom is -0.408 e. The Morgan fingerprint density at radius 1 is 1.38 bits per heavy atom. The van der Waals surface area contributed by atoms with Crippen LogP contribution in [0.2, 0.25) is 0 Å². The number of fused-ring (bicyclic) bond motifs is 1. The van der Waals surface area contributed by atoms with Gasteiger partial charge in [0.2, 0.25) is 0 Å². The van der Waals surface area contributed by atoms with E-state index < -0.39 is 0 Å². The molecule has 2 rings (SSSR count). The van der Waals surface area contributed by atoms with Crippen LogP contribution in [0, 0.1) is 0 Å². The summed E-state index contributed by atoms with van der Waals surface area (Å²) in [5.74, 6) is 1.11. The number of nitrogens with zero attached hydrogens (tertiary/aromatic N) is 2. The molecule has 0 saturated carbocycles. The van der Waals surface area contributed by atoms with Crippen LogP contribution in [0.1, 0.15) is 24.8 Å². The predicted octanol–water partition coefficient (Wildman–Crippen LogP) is 2.60. The molecule has 1 heterocycles. The molecule has 1 aromatic carbocycles. The third-order valence-electron chi connectivity index (χ3n) is 3.93. The van der Waals surface area contributed by atoms with Crippen molar-refractivity contribution < 1.29 is 9.53 Å². The molecule has 1 amide bonds. The highest BCUT2D eigenvalue weighted by Gasteiger charge is 2.26. The Morgan fingerprint density at radius 2 is 2.14 bits per heavy atom. The van der Waals surface area contributed by atoms with Crippen LogP contribution in [0.25, 0.3) is 0 Å². The van der Waals surface area contributed by atoms with Crippen LogP contribution < -0.4 is 10.1 Å². The first-order valence-electron chi connectivity index (χ1n) is 7.47. The van der Waals surface area contributed by atoms with Crippen molar-refractivity contribution in [2.75, 3.05) is 46.1 Å². The lowest BCUT2D eigenvalue weighted by Gasteiger charge is -2.16. The summed E-state index contributed by atoms with van der Waals surface area (Å²) in [5, 5.41) is 3.39. The van der Waals surface area contributed by atoms with Crippen molar-refractivity contribution in [3.05, 3.63) is 23.8 Å². The van der Waals surface area contributed by atoms with Crippen molar-refractivity contribution in [2.45, 2.75) is 19.3 Å². The van der Waals surface area contributed by atoms with Crippen LogP contribution >= 0.6 is 0 Å². The first-order valence-corrected chi connectivity index (χ1v) is 7.47. The second kappa shape index (κ2) is 6.80. The van der Waals surface area contributed by atoms with E-state index in [4.69, 9.17) is 4.74 Å². The lowest BCUT2D eigenvalue weighted by molar-refractivity contribution is 0.165. The molecule has 0 bridgehead atoms. The number of rotatable bonds is 5. The van der Waals surface area contributed by atoms with Crippen LogP contribution in [0.3, 0.4) is 0 Å². The summed E-state index contributed by atoms with van der Waals surface area (Å²) < 4.78 is 5.50. The van der Waals surface area contributed by atoms with Gasteiger partial charge in [-0.1, -0.05) is 12.1 Å². The van der Waals surface area contributed by atoms with Gasteiger partial charge in [-0.2, -0.15) is 0 Å². The zero-order valence-corrected chi connectivity index (χ0v) is 13.3. The van der Waals surface area contributed by atoms with Gasteiger partial charge in [0.05, 0.1) is 5.69 Å². The van der Waals surface area contributed by atoms with Gasteiger partial charge >= 0.3 is 6.09 Å². The lowest BCUT2D eigenvalue weighted by atomic mass is 9.97. The van der Waals surface area contributed by atoms with Gasteiger partial charge in [0.25, 0.3) is 0 Å². The van der Waals surface area contributed by atoms with Crippen LogP contribution in [0.4, 0.5) is 10.5 Å². The molecule has 0 fully saturated rings. The molecule has 1 aliphatic rings. The second-order valence-electron chi connectivity index (χ2n) is 5.77. The molecule has 0 aliphatic carbocycles. The summed E-state index contributed by atoms with van der Waals surface area (Å²) in [7, 11) is 5.91. The summed E-state index contributed by atoms with van der Waals surface area (Å²) in [5.41, 5.74) is 2.22. The number of ether oxygens (including phenoxy) is 1. The Bertz CT molecular complexity index is 502. The largest absolute Gasteiger partial charge is 0.415 e. The number of hydrogen-bond acceptors (Lipinski definition) is 4. The van der Waals surface area contributed by atoms with E-state index in [9.17, 15) is 4.79 Å². The minimum atomic E-state index is -0.315. The van der Waals surface area contributed by atoms with Crippen molar-refractivity contribution in [1.29, 1.82) is 0 Å². The maximum atomic E-state index is 11.9. The molecule has 21 heavy (non-hydrogen) atoms. The number of amides is 1. The predicted molar refractivity (Wildman–Crippen MR) is 85.2 cm³/mol. The first kappa shape index (κ1) is 15.6. The van der Waals surface area contributed by atoms with Crippen LogP contribution in [-0.2, 0) is 0 Å². The number of anilines is 1. The maximum absolute atomic E-state index is 11.9. The van der Waals surface area contributed by atoms with E-state index in [1.54, 1.807) is 11.9 Å². The molecule has 0 radical (unpaired) electrons. The second-order valence-corrected chi connectivity index (χ2v) is 5.77. The molecule has 116 valence electrons. The standard InChI is InChI=1S/C16H25N3O2/c1-5-19(4)16(20)21-14-8-6-7-13-12(9-10-18(2)3)11-17-15(13)14/h6-8,12,17H,5,9-11H2,1-4H3. The summed E-state index contributed by atoms with van der Waals surface area (Å²) in [6.45, 7) is 4.51. The molecule has 1 unspecified atom stereocenters. The number of nitrogens with one attached hydrogen (secondary N) is 1. The molecule has 1 N–H and O–H groups in total. The maximum Gasteiger partial charge on any atom is 0.415 e. The van der Waals surface area contributed by atoms with Crippen molar-refractivity contribution in [2.24, 2.45) is 0 Å². The number of carbonyl (C=O) groups is 1. The van der Waals surface area contributed by atoms with Crippen LogP contribution in [-0.4, -0.2) is 56.7 Å². The van der Waals surface area contributed by atoms with Gasteiger partial charge in [-0.15, -0.1) is 0 Å². The molecule has 0 aromatic heterocycles. The average molecular weight is 291 g/mol. The zero-order chi connectivity index (χ0) is 15.4. The number of benzene rings is 1. The van der Waals surface area contributed by atoms with Gasteiger partial charge in [-0.05, 0) is 45.6 Å². The first-order chi connectivity index (χ1) is 10.0. The minimum absolute atomic E-state index is 0.315. The van der Waals surface area contributed by atoms with Crippen molar-refractivity contribution in [3.8, 4) is 5.75 Å². The lowest BCUT2D eigenvalue weighted by Crippen LogP contribution is -2.29. The molecule has 1 aliphatic heterocycles. The molecular formula is C16H25N3O2. The summed E-state index contributed by atoms with van der Waals surface area (Å²) in [6.07, 6.45) is 0.781. The highest BCUT2D eigenvalue weighted by molar-refractivity contribution is 5.75. The molecule has 0 spiro atoms. The summed E-state index contributed by atoms with van der Waals surface area (Å²) in [4.78, 5) is 15.7. The molecule has 1 aromatic rings. The Balaban J connectivity index is 2.11. The van der Waals surface area contributed by atoms with E-state index in [0.29, 0.717) is 18.2 Å². The van der Waals surface area contributed by atoms with Gasteiger partial charge in [-0.3, -0.25) is 0 Å². The Labute approximate surface area is 126 Å². The van der Waals surface area contributed by atoms with E-state index >= 15 is 0 Å². The van der Waals surface area contributed by atoms with Gasteiger partial charge in [0, 0.05) is 26.1 Å². The third kappa shape index (κ3) is 3.67. The topological polar surface area (TPSA) is 44.8 Å². The fourth-order valence-corrected chi connectivity index (χ4v) is 2.47. The molecule has 0 saturated heterocycles. The fraction of sp³-hybridized carbons (Fsp3) is 0.562. The summed E-state index contributed by atoms with van der Waals surface area (Å²) >= 11 is 0. The van der Waals surface area contributed by atoms with Gasteiger partial charge in [0.15, 0.2) is 5.75 Å². The number of para-hydroxylation sites is 1. The Hall–Kier alpha value is -1.75. The van der Waals surface area contributed by atoms with Gasteiger partial charge < -0.3 is 19.9 Å². The number of hydrogen-bond donors (Lipinski definition) is 1. The van der Waals surface area contributed by atoms with Crippen molar-refractivity contribution >= 4 is 11.8 Å². The van der Waals surface area contributed by atoms with Gasteiger partial charge in [0.1, 0.15) is 0 Å². The SMILES string of the molecule is CCN(C)C(=O)Oc1cccc2c1NCC2CCN(C)C. The van der Waals surface area contributed by atoms with E-state index in [1.165, 1.54) is 5.56 Å². The average Bonchev–Trinajstić information content (AvgIpc) is 2.88. The Morgan fingerprint density at radius 3 is 2.81 bits per heavy atom. The van der Waals surface area contributed by atoms with E-state index in [2.05, 4.69) is 30.4 Å². The Kier molecular flexibility index (Phi) is 5.07. The normalized spacial score (nSPS) is 16.5. The molecule has 5 heteroatoms. The monoisotopic (exact) mass is 291 g/mol. The highest BCUT2D eigenvalue weighted by Crippen LogP contribution is 2.40. The fourth-order valence-electron chi connectivity index (χ4n) is 2.47. The van der Waals surface area contributed by atoms with Gasteiger partial charge in [-0.25, -0.2) is 4.79 Å². The van der Waals surface area contributed by atoms with E-state index in [0.717, 1.165) is 25.2 Å². The van der Waals surface area contributed by atoms with Crippen LogP contribution in [0.15, 0.2) is 18.2 Å². The zero-order valence-electron chi connectivity index (χ0n) is 13.3. The summed E-state index contributed by atoms with van der Waals surface area (Å²) in [6, 6.07) is 5.93. The smallest absolute Gasteiger partial charge is 0.408 e. The van der Waals surface area contributed by atoms with E-state index in [1.807, 2.05) is 19.1 Å². The van der Waals surface area contributed by atoms with Crippen molar-refractivity contribution in [3.63, 3.8) is 0 Å².